The van der Waals surface area contributed by atoms with E-state index in [9.17, 15) is 37.8 Å². The maximum absolute atomic E-state index is 13.0. The second-order valence-electron chi connectivity index (χ2n) is 12.2. The van der Waals surface area contributed by atoms with Gasteiger partial charge in [0.2, 0.25) is 0 Å². The van der Waals surface area contributed by atoms with Gasteiger partial charge in [-0.1, -0.05) is 54.6 Å². The molecule has 1 aliphatic rings. The third-order valence-electron chi connectivity index (χ3n) is 8.85. The minimum atomic E-state index is -5.22. The third-order valence-corrected chi connectivity index (χ3v) is 8.85. The molecule has 0 saturated carbocycles. The van der Waals surface area contributed by atoms with Crippen LogP contribution in [0.2, 0.25) is 0 Å². The number of nitrogens with zero attached hydrogens (tertiary/aromatic N) is 1. The molecule has 11 nitrogen and oxygen atoms in total. The Balaban J connectivity index is 1.61. The molecule has 4 atom stereocenters. The highest BCUT2D eigenvalue weighted by Gasteiger charge is 2.52. The number of alkyl halides is 3. The fraction of sp³-hybridized carbons (Fsp3) is 0.343. The van der Waals surface area contributed by atoms with Crippen LogP contribution in [0.3, 0.4) is 0 Å². The molecule has 14 heteroatoms. The minimum Gasteiger partial charge on any atom is -0.497 e. The summed E-state index contributed by atoms with van der Waals surface area (Å²) in [5.74, 6) is -1.15. The van der Waals surface area contributed by atoms with E-state index in [1.54, 1.807) is 66.0 Å². The Morgan fingerprint density at radius 2 is 1.43 bits per heavy atom. The molecule has 1 unspecified atom stereocenters. The fourth-order valence-corrected chi connectivity index (χ4v) is 6.37. The number of aromatic amines is 1. The largest absolute Gasteiger partial charge is 0.497 e. The minimum absolute atomic E-state index is 0.238. The second kappa shape index (κ2) is 13.5. The molecular formula is C35H36F3N3O8. The number of hydrogen-bond donors (Lipinski definition) is 4. The van der Waals surface area contributed by atoms with E-state index in [2.05, 4.69) is 4.98 Å². The number of methoxy groups -OCH3 is 2. The molecule has 1 fully saturated rings. The van der Waals surface area contributed by atoms with Crippen molar-refractivity contribution in [1.29, 1.82) is 0 Å². The molecule has 4 aromatic rings. The van der Waals surface area contributed by atoms with Crippen LogP contribution < -0.4 is 26.0 Å². The summed E-state index contributed by atoms with van der Waals surface area (Å²) < 4.78 is 57.0. The summed E-state index contributed by atoms with van der Waals surface area (Å²) in [5, 5.41) is 25.8. The molecule has 5 rings (SSSR count). The summed E-state index contributed by atoms with van der Waals surface area (Å²) in [4.78, 5) is 39.6. The van der Waals surface area contributed by atoms with Gasteiger partial charge in [-0.3, -0.25) is 19.1 Å². The summed E-state index contributed by atoms with van der Waals surface area (Å²) in [5.41, 5.74) is -3.76. The van der Waals surface area contributed by atoms with Crippen molar-refractivity contribution in [1.82, 2.24) is 14.9 Å². The number of nitrogens with one attached hydrogen (secondary N) is 2. The fourth-order valence-electron chi connectivity index (χ4n) is 6.37. The summed E-state index contributed by atoms with van der Waals surface area (Å²) in [6.45, 7) is 2.34. The van der Waals surface area contributed by atoms with Crippen molar-refractivity contribution < 1.29 is 42.4 Å². The zero-order valence-corrected chi connectivity index (χ0v) is 27.0. The van der Waals surface area contributed by atoms with E-state index < -0.39 is 58.8 Å². The standard InChI is InChI=1S/C35H36F3N3O8/c1-33(2,40-31(45)35(36,37)38)25-19-41(32(46)39-30(25)44)27-18-26(42)28(49-27)29(43)34(20-8-6-5-7-9-20,21-10-14-23(47-3)15-11-21)22-12-16-24(48-4)17-13-22/h5-17,19,26-29,42-43H,18H2,1-4H3,(H,40,45)(H,39,44,46)/t26-,27+,28-,29?/m0/s1. The van der Waals surface area contributed by atoms with E-state index in [0.717, 1.165) is 10.8 Å². The van der Waals surface area contributed by atoms with Crippen LogP contribution in [0.15, 0.2) is 94.6 Å². The van der Waals surface area contributed by atoms with Gasteiger partial charge in [-0.2, -0.15) is 13.2 Å². The number of H-pyrrole nitrogens is 1. The van der Waals surface area contributed by atoms with E-state index >= 15 is 0 Å². The van der Waals surface area contributed by atoms with Gasteiger partial charge in [0.1, 0.15) is 29.9 Å². The van der Waals surface area contributed by atoms with Gasteiger partial charge < -0.3 is 29.7 Å². The topological polar surface area (TPSA) is 152 Å². The first-order chi connectivity index (χ1) is 23.1. The Bertz CT molecular complexity index is 1840. The Morgan fingerprint density at radius 1 is 0.918 bits per heavy atom. The molecule has 0 spiro atoms. The molecule has 1 aliphatic heterocycles. The van der Waals surface area contributed by atoms with Crippen molar-refractivity contribution in [3.63, 3.8) is 0 Å². The molecule has 1 saturated heterocycles. The molecule has 1 aromatic heterocycles. The van der Waals surface area contributed by atoms with Crippen molar-refractivity contribution >= 4 is 5.91 Å². The zero-order chi connectivity index (χ0) is 35.7. The average molecular weight is 684 g/mol. The molecule has 4 N–H and O–H groups in total. The average Bonchev–Trinajstić information content (AvgIpc) is 3.46. The number of carbonyl (C=O) groups excluding carboxylic acids is 1. The smallest absolute Gasteiger partial charge is 0.471 e. The molecule has 0 bridgehead atoms. The number of hydrogen-bond acceptors (Lipinski definition) is 8. The summed E-state index contributed by atoms with van der Waals surface area (Å²) in [7, 11) is 3.05. The number of aromatic nitrogens is 2. The van der Waals surface area contributed by atoms with E-state index in [0.29, 0.717) is 28.2 Å². The molecule has 49 heavy (non-hydrogen) atoms. The number of aliphatic hydroxyl groups excluding tert-OH is 2. The zero-order valence-electron chi connectivity index (χ0n) is 27.0. The number of amides is 1. The van der Waals surface area contributed by atoms with Crippen LogP contribution in [0, 0.1) is 0 Å². The molecule has 3 aromatic carbocycles. The van der Waals surface area contributed by atoms with E-state index in [1.807, 2.05) is 18.2 Å². The highest BCUT2D eigenvalue weighted by Crippen LogP contribution is 2.47. The molecule has 260 valence electrons. The van der Waals surface area contributed by atoms with Crippen LogP contribution in [0.25, 0.3) is 0 Å². The maximum atomic E-state index is 13.0. The first-order valence-electron chi connectivity index (χ1n) is 15.2. The molecule has 0 radical (unpaired) electrons. The van der Waals surface area contributed by atoms with Crippen LogP contribution in [0.5, 0.6) is 11.5 Å². The normalized spacial score (nSPS) is 18.9. The van der Waals surface area contributed by atoms with Gasteiger partial charge in [-0.05, 0) is 54.8 Å². The van der Waals surface area contributed by atoms with Gasteiger partial charge in [0.15, 0.2) is 0 Å². The summed E-state index contributed by atoms with van der Waals surface area (Å²) >= 11 is 0. The Kier molecular flexibility index (Phi) is 9.77. The van der Waals surface area contributed by atoms with Crippen LogP contribution in [-0.4, -0.2) is 64.4 Å². The Hall–Kier alpha value is -4.92. The highest BCUT2D eigenvalue weighted by atomic mass is 19.4. The Labute approximate surface area is 278 Å². The number of rotatable bonds is 10. The Morgan fingerprint density at radius 3 is 1.92 bits per heavy atom. The van der Waals surface area contributed by atoms with Crippen LogP contribution in [0.4, 0.5) is 13.2 Å². The number of halogens is 3. The van der Waals surface area contributed by atoms with Gasteiger partial charge in [0, 0.05) is 12.6 Å². The van der Waals surface area contributed by atoms with E-state index in [4.69, 9.17) is 14.2 Å². The van der Waals surface area contributed by atoms with Gasteiger partial charge >= 0.3 is 17.8 Å². The number of carbonyl (C=O) groups is 1. The predicted octanol–water partition coefficient (Wildman–Crippen LogP) is 3.51. The van der Waals surface area contributed by atoms with Crippen molar-refractivity contribution in [2.75, 3.05) is 14.2 Å². The van der Waals surface area contributed by atoms with Crippen molar-refractivity contribution in [3.05, 3.63) is 128 Å². The molecular weight excluding hydrogens is 647 g/mol. The number of aliphatic hydroxyl groups is 2. The maximum Gasteiger partial charge on any atom is 0.471 e. The van der Waals surface area contributed by atoms with Crippen molar-refractivity contribution in [2.45, 2.75) is 61.9 Å². The van der Waals surface area contributed by atoms with Crippen LogP contribution in [0.1, 0.15) is 48.8 Å². The lowest BCUT2D eigenvalue weighted by Gasteiger charge is -2.43. The van der Waals surface area contributed by atoms with Gasteiger partial charge in [0.25, 0.3) is 5.56 Å². The molecule has 0 aliphatic carbocycles. The van der Waals surface area contributed by atoms with Crippen molar-refractivity contribution in [2.24, 2.45) is 0 Å². The monoisotopic (exact) mass is 683 g/mol. The lowest BCUT2D eigenvalue weighted by atomic mass is 9.64. The van der Waals surface area contributed by atoms with Gasteiger partial charge in [-0.15, -0.1) is 0 Å². The van der Waals surface area contributed by atoms with Crippen LogP contribution in [-0.2, 0) is 20.5 Å². The predicted molar refractivity (Wildman–Crippen MR) is 171 cm³/mol. The molecule has 2 heterocycles. The SMILES string of the molecule is COc1ccc(C(c2ccccc2)(c2ccc(OC)cc2)C(O)[C@H]2O[C@@H](n3cc(C(C)(C)NC(=O)C(F)(F)F)c(=O)[nH]c3=O)C[C@@H]2O)cc1. The lowest BCUT2D eigenvalue weighted by Crippen LogP contribution is -2.51. The van der Waals surface area contributed by atoms with Gasteiger partial charge in [-0.25, -0.2) is 4.79 Å². The summed E-state index contributed by atoms with van der Waals surface area (Å²) in [6.07, 6.45) is -9.96. The lowest BCUT2D eigenvalue weighted by molar-refractivity contribution is -0.175. The van der Waals surface area contributed by atoms with Crippen molar-refractivity contribution in [3.8, 4) is 11.5 Å². The van der Waals surface area contributed by atoms with E-state index in [1.165, 1.54) is 28.1 Å². The molecule has 1 amide bonds. The first-order valence-corrected chi connectivity index (χ1v) is 15.2. The third kappa shape index (κ3) is 6.71. The van der Waals surface area contributed by atoms with Crippen LogP contribution >= 0.6 is 0 Å². The van der Waals surface area contributed by atoms with E-state index in [-0.39, 0.29) is 12.0 Å². The number of benzene rings is 3. The highest BCUT2D eigenvalue weighted by molar-refractivity contribution is 5.82. The van der Waals surface area contributed by atoms with Gasteiger partial charge in [0.05, 0.1) is 36.8 Å². The summed E-state index contributed by atoms with van der Waals surface area (Å²) in [6, 6.07) is 23.2. The quantitative estimate of drug-likeness (QED) is 0.186. The first kappa shape index (κ1) is 35.4. The number of ether oxygens (including phenoxy) is 3. The second-order valence-corrected chi connectivity index (χ2v) is 12.2.